The van der Waals surface area contributed by atoms with Crippen molar-refractivity contribution in [3.8, 4) is 0 Å². The number of amides is 1. The molecule has 1 aromatic rings. The van der Waals surface area contributed by atoms with Gasteiger partial charge in [0.05, 0.1) is 24.0 Å². The van der Waals surface area contributed by atoms with E-state index in [1.54, 1.807) is 12.1 Å². The predicted molar refractivity (Wildman–Crippen MR) is 95.6 cm³/mol. The van der Waals surface area contributed by atoms with Crippen LogP contribution in [0, 0.1) is 5.92 Å². The minimum Gasteiger partial charge on any atom is -0.465 e. The lowest BCUT2D eigenvalue weighted by molar-refractivity contribution is -0.116. The van der Waals surface area contributed by atoms with Crippen molar-refractivity contribution in [2.75, 3.05) is 50.6 Å². The number of piperazine rings is 1. The monoisotopic (exact) mass is 333 g/mol. The molecule has 1 N–H and O–H groups in total. The summed E-state index contributed by atoms with van der Waals surface area (Å²) in [5.41, 5.74) is 2.07. The van der Waals surface area contributed by atoms with Gasteiger partial charge in [0.25, 0.3) is 0 Å². The Hall–Kier alpha value is -2.08. The Morgan fingerprint density at radius 2 is 1.88 bits per heavy atom. The molecule has 6 heteroatoms. The highest BCUT2D eigenvalue weighted by Crippen LogP contribution is 2.29. The lowest BCUT2D eigenvalue weighted by Gasteiger charge is -2.35. The number of rotatable bonds is 5. The summed E-state index contributed by atoms with van der Waals surface area (Å²) in [4.78, 5) is 28.5. The van der Waals surface area contributed by atoms with Crippen LogP contribution in [0.3, 0.4) is 0 Å². The van der Waals surface area contributed by atoms with Gasteiger partial charge in [-0.3, -0.25) is 4.79 Å². The Bertz CT molecular complexity index is 593. The standard InChI is InChI=1S/C18H27N3O3/c1-13(2)11-17(22)19-15-12-14(18(23)24-4)5-6-16(15)21-9-7-20(3)8-10-21/h5-6,12-13H,7-11H2,1-4H3,(H,19,22). The van der Waals surface area contributed by atoms with E-state index in [1.807, 2.05) is 19.9 Å². The Kier molecular flexibility index (Phi) is 6.20. The summed E-state index contributed by atoms with van der Waals surface area (Å²) in [6.45, 7) is 7.73. The zero-order chi connectivity index (χ0) is 17.7. The number of methoxy groups -OCH3 is 1. The van der Waals surface area contributed by atoms with Gasteiger partial charge >= 0.3 is 5.97 Å². The van der Waals surface area contributed by atoms with Gasteiger partial charge in [0, 0.05) is 32.6 Å². The van der Waals surface area contributed by atoms with Crippen molar-refractivity contribution >= 4 is 23.3 Å². The number of esters is 1. The van der Waals surface area contributed by atoms with Crippen LogP contribution in [0.2, 0.25) is 0 Å². The van der Waals surface area contributed by atoms with Crippen molar-refractivity contribution in [2.45, 2.75) is 20.3 Å². The maximum Gasteiger partial charge on any atom is 0.337 e. The molecule has 0 unspecified atom stereocenters. The minimum absolute atomic E-state index is 0.0395. The summed E-state index contributed by atoms with van der Waals surface area (Å²) in [6, 6.07) is 5.35. The Morgan fingerprint density at radius 3 is 2.46 bits per heavy atom. The Labute approximate surface area is 143 Å². The Morgan fingerprint density at radius 1 is 1.21 bits per heavy atom. The van der Waals surface area contributed by atoms with E-state index in [-0.39, 0.29) is 11.8 Å². The number of hydrogen-bond acceptors (Lipinski definition) is 5. The molecule has 1 aliphatic heterocycles. The Balaban J connectivity index is 2.27. The van der Waals surface area contributed by atoms with Gasteiger partial charge in [0.2, 0.25) is 5.91 Å². The fraction of sp³-hybridized carbons (Fsp3) is 0.556. The number of ether oxygens (including phenoxy) is 1. The number of hydrogen-bond donors (Lipinski definition) is 1. The topological polar surface area (TPSA) is 61.9 Å². The minimum atomic E-state index is -0.403. The summed E-state index contributed by atoms with van der Waals surface area (Å²) in [5, 5.41) is 2.97. The number of carbonyl (C=O) groups is 2. The average Bonchev–Trinajstić information content (AvgIpc) is 2.54. The molecule has 2 rings (SSSR count). The maximum atomic E-state index is 12.2. The molecule has 1 saturated heterocycles. The molecule has 0 spiro atoms. The van der Waals surface area contributed by atoms with Gasteiger partial charge in [-0.25, -0.2) is 4.79 Å². The molecule has 0 radical (unpaired) electrons. The van der Waals surface area contributed by atoms with Crippen molar-refractivity contribution in [3.63, 3.8) is 0 Å². The molecule has 0 saturated carbocycles. The van der Waals surface area contributed by atoms with E-state index in [0.717, 1.165) is 31.9 Å². The molecule has 132 valence electrons. The fourth-order valence-electron chi connectivity index (χ4n) is 2.78. The fourth-order valence-corrected chi connectivity index (χ4v) is 2.78. The van der Waals surface area contributed by atoms with Crippen molar-refractivity contribution in [3.05, 3.63) is 23.8 Å². The quantitative estimate of drug-likeness (QED) is 0.837. The van der Waals surface area contributed by atoms with Crippen molar-refractivity contribution < 1.29 is 14.3 Å². The van der Waals surface area contributed by atoms with Crippen LogP contribution < -0.4 is 10.2 Å². The second kappa shape index (κ2) is 8.15. The first-order chi connectivity index (χ1) is 11.4. The third-order valence-corrected chi connectivity index (χ3v) is 4.13. The van der Waals surface area contributed by atoms with Crippen molar-refractivity contribution in [1.82, 2.24) is 4.90 Å². The van der Waals surface area contributed by atoms with Crippen molar-refractivity contribution in [1.29, 1.82) is 0 Å². The van der Waals surface area contributed by atoms with E-state index in [1.165, 1.54) is 7.11 Å². The van der Waals surface area contributed by atoms with E-state index >= 15 is 0 Å². The number of nitrogens with one attached hydrogen (secondary N) is 1. The third-order valence-electron chi connectivity index (χ3n) is 4.13. The number of nitrogens with zero attached hydrogens (tertiary/aromatic N) is 2. The predicted octanol–water partition coefficient (Wildman–Crippen LogP) is 2.21. The highest BCUT2D eigenvalue weighted by Gasteiger charge is 2.20. The summed E-state index contributed by atoms with van der Waals surface area (Å²) in [5.74, 6) is -0.164. The van der Waals surface area contributed by atoms with Crippen LogP contribution in [0.25, 0.3) is 0 Å². The van der Waals surface area contributed by atoms with Gasteiger partial charge in [-0.2, -0.15) is 0 Å². The molecular weight excluding hydrogens is 306 g/mol. The molecule has 1 amide bonds. The first kappa shape index (κ1) is 18.3. The van der Waals surface area contributed by atoms with Gasteiger partial charge in [-0.15, -0.1) is 0 Å². The highest BCUT2D eigenvalue weighted by molar-refractivity contribution is 5.98. The van der Waals surface area contributed by atoms with Crippen LogP contribution in [-0.2, 0) is 9.53 Å². The summed E-state index contributed by atoms with van der Waals surface area (Å²) < 4.78 is 4.79. The molecule has 0 aliphatic carbocycles. The van der Waals surface area contributed by atoms with Crippen LogP contribution in [0.5, 0.6) is 0 Å². The van der Waals surface area contributed by atoms with Gasteiger partial charge in [0.15, 0.2) is 0 Å². The molecule has 0 bridgehead atoms. The lowest BCUT2D eigenvalue weighted by atomic mass is 10.1. The van der Waals surface area contributed by atoms with Crippen LogP contribution in [0.15, 0.2) is 18.2 Å². The number of carbonyl (C=O) groups excluding carboxylic acids is 2. The maximum absolute atomic E-state index is 12.2. The van der Waals surface area contributed by atoms with E-state index in [4.69, 9.17) is 4.74 Å². The lowest BCUT2D eigenvalue weighted by Crippen LogP contribution is -2.44. The number of anilines is 2. The summed E-state index contributed by atoms with van der Waals surface area (Å²) in [7, 11) is 3.46. The average molecular weight is 333 g/mol. The molecular formula is C18H27N3O3. The van der Waals surface area contributed by atoms with E-state index in [9.17, 15) is 9.59 Å². The molecule has 1 fully saturated rings. The van der Waals surface area contributed by atoms with Crippen LogP contribution >= 0.6 is 0 Å². The van der Waals surface area contributed by atoms with Crippen LogP contribution in [0.4, 0.5) is 11.4 Å². The van der Waals surface area contributed by atoms with E-state index < -0.39 is 5.97 Å². The molecule has 1 aliphatic rings. The molecule has 1 heterocycles. The van der Waals surface area contributed by atoms with Crippen LogP contribution in [-0.4, -0.2) is 57.1 Å². The molecule has 24 heavy (non-hydrogen) atoms. The van der Waals surface area contributed by atoms with E-state index in [2.05, 4.69) is 22.2 Å². The number of benzene rings is 1. The summed E-state index contributed by atoms with van der Waals surface area (Å²) >= 11 is 0. The highest BCUT2D eigenvalue weighted by atomic mass is 16.5. The SMILES string of the molecule is COC(=O)c1ccc(N2CCN(C)CC2)c(NC(=O)CC(C)C)c1. The zero-order valence-electron chi connectivity index (χ0n) is 15.0. The third kappa shape index (κ3) is 4.71. The number of likely N-dealkylation sites (N-methyl/N-ethyl adjacent to an activating group) is 1. The zero-order valence-corrected chi connectivity index (χ0v) is 15.0. The summed E-state index contributed by atoms with van der Waals surface area (Å²) in [6.07, 6.45) is 0.449. The molecule has 6 nitrogen and oxygen atoms in total. The molecule has 1 aromatic carbocycles. The van der Waals surface area contributed by atoms with E-state index in [0.29, 0.717) is 17.7 Å². The normalized spacial score (nSPS) is 15.5. The second-order valence-electron chi connectivity index (χ2n) is 6.66. The largest absolute Gasteiger partial charge is 0.465 e. The van der Waals surface area contributed by atoms with Crippen LogP contribution in [0.1, 0.15) is 30.6 Å². The molecule has 0 aromatic heterocycles. The molecule has 0 atom stereocenters. The van der Waals surface area contributed by atoms with Gasteiger partial charge in [0.1, 0.15) is 0 Å². The first-order valence-corrected chi connectivity index (χ1v) is 8.36. The van der Waals surface area contributed by atoms with Gasteiger partial charge in [-0.05, 0) is 31.2 Å². The van der Waals surface area contributed by atoms with Gasteiger partial charge < -0.3 is 19.9 Å². The second-order valence-corrected chi connectivity index (χ2v) is 6.66. The van der Waals surface area contributed by atoms with Crippen molar-refractivity contribution in [2.24, 2.45) is 5.92 Å². The van der Waals surface area contributed by atoms with Gasteiger partial charge in [-0.1, -0.05) is 13.8 Å². The smallest absolute Gasteiger partial charge is 0.337 e. The first-order valence-electron chi connectivity index (χ1n) is 8.36.